The molecule has 1 heterocycles. The standard InChI is InChI=1S/C20H22ClNO3S/c1-25-20(24)15-5-2-4-14(12-15)19(23)22-18(17-6-3-11-26-17)13-7-9-16(21)10-8-13/h3,6-11,14-15,18H,2,4-5,12H2,1H3,(H,22,23)/t14-,15+,18+/m0/s1. The first-order valence-electron chi connectivity index (χ1n) is 8.75. The summed E-state index contributed by atoms with van der Waals surface area (Å²) in [6, 6.07) is 11.3. The topological polar surface area (TPSA) is 55.4 Å². The smallest absolute Gasteiger partial charge is 0.308 e. The SMILES string of the molecule is COC(=O)[C@@H]1CCC[C@H](C(=O)N[C@H](c2ccc(Cl)cc2)c2cccs2)C1. The van der Waals surface area contributed by atoms with E-state index in [4.69, 9.17) is 16.3 Å². The molecule has 1 fully saturated rings. The zero-order valence-corrected chi connectivity index (χ0v) is 16.2. The highest BCUT2D eigenvalue weighted by atomic mass is 35.5. The highest BCUT2D eigenvalue weighted by Gasteiger charge is 2.33. The van der Waals surface area contributed by atoms with Crippen molar-refractivity contribution in [3.05, 3.63) is 57.2 Å². The molecule has 3 rings (SSSR count). The second-order valence-electron chi connectivity index (χ2n) is 6.59. The van der Waals surface area contributed by atoms with E-state index in [0.29, 0.717) is 11.4 Å². The van der Waals surface area contributed by atoms with Crippen molar-refractivity contribution in [2.24, 2.45) is 11.8 Å². The summed E-state index contributed by atoms with van der Waals surface area (Å²) in [5.74, 6) is -0.565. The van der Waals surface area contributed by atoms with E-state index in [1.165, 1.54) is 7.11 Å². The number of hydrogen-bond acceptors (Lipinski definition) is 4. The fraction of sp³-hybridized carbons (Fsp3) is 0.400. The van der Waals surface area contributed by atoms with Gasteiger partial charge in [0.15, 0.2) is 0 Å². The minimum Gasteiger partial charge on any atom is -0.469 e. The van der Waals surface area contributed by atoms with Crippen LogP contribution in [0.15, 0.2) is 41.8 Å². The molecule has 1 aromatic carbocycles. The van der Waals surface area contributed by atoms with Crippen molar-refractivity contribution >= 4 is 34.8 Å². The van der Waals surface area contributed by atoms with Gasteiger partial charge in [-0.2, -0.15) is 0 Å². The number of rotatable bonds is 5. The summed E-state index contributed by atoms with van der Waals surface area (Å²) in [5, 5.41) is 5.84. The fourth-order valence-electron chi connectivity index (χ4n) is 3.50. The van der Waals surface area contributed by atoms with E-state index >= 15 is 0 Å². The molecule has 0 unspecified atom stereocenters. The van der Waals surface area contributed by atoms with Gasteiger partial charge in [-0.3, -0.25) is 9.59 Å². The number of carbonyl (C=O) groups excluding carboxylic acids is 2. The Morgan fingerprint density at radius 3 is 2.58 bits per heavy atom. The van der Waals surface area contributed by atoms with Crippen LogP contribution in [0, 0.1) is 11.8 Å². The van der Waals surface area contributed by atoms with Gasteiger partial charge >= 0.3 is 5.97 Å². The van der Waals surface area contributed by atoms with Gasteiger partial charge in [0.25, 0.3) is 0 Å². The molecule has 1 aromatic heterocycles. The third-order valence-electron chi connectivity index (χ3n) is 4.90. The molecule has 3 atom stereocenters. The lowest BCUT2D eigenvalue weighted by molar-refractivity contribution is -0.147. The van der Waals surface area contributed by atoms with Crippen molar-refractivity contribution in [3.63, 3.8) is 0 Å². The Bertz CT molecular complexity index is 745. The molecule has 1 aliphatic rings. The molecule has 0 aliphatic heterocycles. The van der Waals surface area contributed by atoms with Crippen LogP contribution < -0.4 is 5.32 Å². The van der Waals surface area contributed by atoms with Crippen LogP contribution in [-0.4, -0.2) is 19.0 Å². The molecule has 1 aliphatic carbocycles. The van der Waals surface area contributed by atoms with Gasteiger partial charge in [0, 0.05) is 15.8 Å². The number of benzene rings is 1. The lowest BCUT2D eigenvalue weighted by atomic mass is 9.81. The van der Waals surface area contributed by atoms with E-state index in [1.807, 2.05) is 41.8 Å². The molecule has 0 spiro atoms. The lowest BCUT2D eigenvalue weighted by Crippen LogP contribution is -2.37. The van der Waals surface area contributed by atoms with Gasteiger partial charge in [0.2, 0.25) is 5.91 Å². The van der Waals surface area contributed by atoms with Gasteiger partial charge in [-0.05, 0) is 48.4 Å². The lowest BCUT2D eigenvalue weighted by Gasteiger charge is -2.28. The first-order valence-corrected chi connectivity index (χ1v) is 10.0. The Morgan fingerprint density at radius 1 is 1.19 bits per heavy atom. The minimum atomic E-state index is -0.213. The zero-order valence-electron chi connectivity index (χ0n) is 14.6. The average molecular weight is 392 g/mol. The van der Waals surface area contributed by atoms with Crippen LogP contribution >= 0.6 is 22.9 Å². The van der Waals surface area contributed by atoms with E-state index in [-0.39, 0.29) is 29.8 Å². The maximum atomic E-state index is 12.9. The summed E-state index contributed by atoms with van der Waals surface area (Å²) < 4.78 is 4.86. The van der Waals surface area contributed by atoms with E-state index in [9.17, 15) is 9.59 Å². The zero-order chi connectivity index (χ0) is 18.5. The largest absolute Gasteiger partial charge is 0.469 e. The molecule has 2 aromatic rings. The van der Waals surface area contributed by atoms with Gasteiger partial charge < -0.3 is 10.1 Å². The van der Waals surface area contributed by atoms with Gasteiger partial charge in [-0.15, -0.1) is 11.3 Å². The van der Waals surface area contributed by atoms with Crippen LogP contribution in [0.1, 0.15) is 42.2 Å². The van der Waals surface area contributed by atoms with Crippen molar-refractivity contribution < 1.29 is 14.3 Å². The van der Waals surface area contributed by atoms with Crippen LogP contribution in [0.5, 0.6) is 0 Å². The van der Waals surface area contributed by atoms with Crippen molar-refractivity contribution in [2.45, 2.75) is 31.7 Å². The molecule has 4 nitrogen and oxygen atoms in total. The molecule has 138 valence electrons. The Hall–Kier alpha value is -1.85. The maximum absolute atomic E-state index is 12.9. The summed E-state index contributed by atoms with van der Waals surface area (Å²) in [5.41, 5.74) is 0.991. The average Bonchev–Trinajstić information content (AvgIpc) is 3.20. The summed E-state index contributed by atoms with van der Waals surface area (Å²) in [4.78, 5) is 25.8. The van der Waals surface area contributed by atoms with Crippen LogP contribution in [0.2, 0.25) is 5.02 Å². The molecule has 6 heteroatoms. The number of methoxy groups -OCH3 is 1. The molecule has 26 heavy (non-hydrogen) atoms. The molecule has 1 N–H and O–H groups in total. The van der Waals surface area contributed by atoms with E-state index in [1.54, 1.807) is 11.3 Å². The number of amides is 1. The van der Waals surface area contributed by atoms with Crippen molar-refractivity contribution in [2.75, 3.05) is 7.11 Å². The highest BCUT2D eigenvalue weighted by Crippen LogP contribution is 2.32. The molecule has 1 amide bonds. The van der Waals surface area contributed by atoms with Crippen molar-refractivity contribution in [3.8, 4) is 0 Å². The third-order valence-corrected chi connectivity index (χ3v) is 6.09. The molecule has 1 saturated carbocycles. The van der Waals surface area contributed by atoms with E-state index in [0.717, 1.165) is 29.7 Å². The van der Waals surface area contributed by atoms with Crippen molar-refractivity contribution in [1.29, 1.82) is 0 Å². The number of hydrogen-bond donors (Lipinski definition) is 1. The summed E-state index contributed by atoms with van der Waals surface area (Å²) in [6.45, 7) is 0. The number of nitrogens with one attached hydrogen (secondary N) is 1. The first-order chi connectivity index (χ1) is 12.6. The second-order valence-corrected chi connectivity index (χ2v) is 8.01. The van der Waals surface area contributed by atoms with E-state index in [2.05, 4.69) is 5.32 Å². The third kappa shape index (κ3) is 4.46. The van der Waals surface area contributed by atoms with Gasteiger partial charge in [0.1, 0.15) is 0 Å². The fourth-order valence-corrected chi connectivity index (χ4v) is 4.43. The van der Waals surface area contributed by atoms with Crippen LogP contribution in [0.25, 0.3) is 0 Å². The Labute approximate surface area is 162 Å². The summed E-state index contributed by atoms with van der Waals surface area (Å²) in [7, 11) is 1.40. The number of thiophene rings is 1. The van der Waals surface area contributed by atoms with Gasteiger partial charge in [-0.1, -0.05) is 36.2 Å². The second kappa shape index (κ2) is 8.69. The monoisotopic (exact) mass is 391 g/mol. The predicted octanol–water partition coefficient (Wildman–Crippen LogP) is 4.59. The van der Waals surface area contributed by atoms with Crippen LogP contribution in [-0.2, 0) is 14.3 Å². The van der Waals surface area contributed by atoms with Crippen LogP contribution in [0.3, 0.4) is 0 Å². The number of esters is 1. The predicted molar refractivity (Wildman–Crippen MR) is 103 cm³/mol. The number of halogens is 1. The quantitative estimate of drug-likeness (QED) is 0.758. The molecule has 0 saturated heterocycles. The minimum absolute atomic E-state index is 0.00745. The Kier molecular flexibility index (Phi) is 6.33. The highest BCUT2D eigenvalue weighted by molar-refractivity contribution is 7.10. The van der Waals surface area contributed by atoms with Crippen LogP contribution in [0.4, 0.5) is 0 Å². The summed E-state index contributed by atoms with van der Waals surface area (Å²) in [6.07, 6.45) is 3.01. The number of ether oxygens (including phenoxy) is 1. The summed E-state index contributed by atoms with van der Waals surface area (Å²) >= 11 is 7.61. The van der Waals surface area contributed by atoms with E-state index < -0.39 is 0 Å². The molecule has 0 radical (unpaired) electrons. The van der Waals surface area contributed by atoms with Gasteiger partial charge in [0.05, 0.1) is 19.1 Å². The first kappa shape index (κ1) is 18.9. The Balaban J connectivity index is 1.75. The maximum Gasteiger partial charge on any atom is 0.308 e. The molecule has 0 bridgehead atoms. The van der Waals surface area contributed by atoms with Gasteiger partial charge in [-0.25, -0.2) is 0 Å². The van der Waals surface area contributed by atoms with Crippen molar-refractivity contribution in [1.82, 2.24) is 5.32 Å². The normalized spacial score (nSPS) is 21.0. The molecular weight excluding hydrogens is 370 g/mol. The molecular formula is C20H22ClNO3S. The Morgan fingerprint density at radius 2 is 1.92 bits per heavy atom. The number of carbonyl (C=O) groups is 2.